The van der Waals surface area contributed by atoms with E-state index in [1.165, 1.54) is 35.4 Å². The monoisotopic (exact) mass is 482 g/mol. The second-order valence-corrected chi connectivity index (χ2v) is 11.1. The molecular weight excluding hydrogens is 454 g/mol. The van der Waals surface area contributed by atoms with E-state index < -0.39 is 6.43 Å². The molecule has 2 N–H and O–H groups in total. The van der Waals surface area contributed by atoms with Crippen LogP contribution in [0.5, 0.6) is 0 Å². The van der Waals surface area contributed by atoms with Crippen LogP contribution >= 0.6 is 0 Å². The van der Waals surface area contributed by atoms with Crippen LogP contribution in [-0.4, -0.2) is 47.4 Å². The zero-order chi connectivity index (χ0) is 23.2. The zero-order valence-corrected chi connectivity index (χ0v) is 19.7. The predicted octanol–water partition coefficient (Wildman–Crippen LogP) is 4.45. The molecule has 1 saturated carbocycles. The van der Waals surface area contributed by atoms with Gasteiger partial charge in [0, 0.05) is 53.8 Å². The second-order valence-electron chi connectivity index (χ2n) is 9.35. The molecule has 2 fully saturated rings. The third-order valence-electron chi connectivity index (χ3n) is 6.71. The molecule has 2 aliphatic heterocycles. The molecule has 1 unspecified atom stereocenters. The normalized spacial score (nSPS) is 23.1. The molecule has 34 heavy (non-hydrogen) atoms. The summed E-state index contributed by atoms with van der Waals surface area (Å²) in [5.41, 5.74) is 8.11. The van der Waals surface area contributed by atoms with Crippen LogP contribution in [0.4, 0.5) is 20.5 Å². The first-order valence-electron chi connectivity index (χ1n) is 11.9. The van der Waals surface area contributed by atoms with Gasteiger partial charge in [-0.05, 0) is 43.0 Å². The van der Waals surface area contributed by atoms with E-state index in [2.05, 4.69) is 34.1 Å². The average molecular weight is 483 g/mol. The Bertz CT molecular complexity index is 1260. The van der Waals surface area contributed by atoms with Crippen molar-refractivity contribution in [3.05, 3.63) is 53.6 Å². The SMILES string of the molecule is N[C@H]1CCN(c2nc(N3CCS(=NC4CC4)c4ccccc4C3)nc3ccc(C(F)F)cc23)C1. The summed E-state index contributed by atoms with van der Waals surface area (Å²) in [6.07, 6.45) is 0.724. The molecule has 9 heteroatoms. The fourth-order valence-electron chi connectivity index (χ4n) is 4.71. The highest BCUT2D eigenvalue weighted by Gasteiger charge is 2.27. The van der Waals surface area contributed by atoms with E-state index in [4.69, 9.17) is 20.1 Å². The zero-order valence-electron chi connectivity index (χ0n) is 18.9. The van der Waals surface area contributed by atoms with Crippen molar-refractivity contribution < 1.29 is 8.78 Å². The highest BCUT2D eigenvalue weighted by molar-refractivity contribution is 7.87. The molecule has 2 aromatic carbocycles. The molecule has 0 spiro atoms. The minimum absolute atomic E-state index is 0.0111. The Hall–Kier alpha value is -2.65. The molecular formula is C25H28F2N6S. The summed E-state index contributed by atoms with van der Waals surface area (Å²) in [6, 6.07) is 13.8. The van der Waals surface area contributed by atoms with E-state index in [0.717, 1.165) is 25.3 Å². The van der Waals surface area contributed by atoms with Gasteiger partial charge >= 0.3 is 0 Å². The largest absolute Gasteiger partial charge is 0.354 e. The Kier molecular flexibility index (Phi) is 5.69. The van der Waals surface area contributed by atoms with Gasteiger partial charge in [-0.1, -0.05) is 35.0 Å². The van der Waals surface area contributed by atoms with Crippen LogP contribution in [-0.2, 0) is 17.2 Å². The molecule has 0 amide bonds. The third kappa shape index (κ3) is 4.27. The Morgan fingerprint density at radius 2 is 1.88 bits per heavy atom. The average Bonchev–Trinajstić information content (AvgIpc) is 3.60. The maximum Gasteiger partial charge on any atom is 0.263 e. The first-order valence-corrected chi connectivity index (χ1v) is 13.3. The highest BCUT2D eigenvalue weighted by atomic mass is 32.2. The van der Waals surface area contributed by atoms with Gasteiger partial charge in [0.15, 0.2) is 0 Å². The minimum atomic E-state index is -2.53. The van der Waals surface area contributed by atoms with Gasteiger partial charge in [0.2, 0.25) is 5.95 Å². The molecule has 1 aromatic heterocycles. The van der Waals surface area contributed by atoms with Gasteiger partial charge in [-0.15, -0.1) is 0 Å². The number of nitrogens with two attached hydrogens (primary N) is 1. The number of aromatic nitrogens is 2. The van der Waals surface area contributed by atoms with Crippen molar-refractivity contribution in [2.75, 3.05) is 35.2 Å². The van der Waals surface area contributed by atoms with Gasteiger partial charge in [-0.25, -0.2) is 13.8 Å². The molecule has 6 nitrogen and oxygen atoms in total. The number of hydrogen-bond donors (Lipinski definition) is 1. The van der Waals surface area contributed by atoms with E-state index in [1.54, 1.807) is 6.07 Å². The van der Waals surface area contributed by atoms with Crippen LogP contribution in [0.15, 0.2) is 51.7 Å². The van der Waals surface area contributed by atoms with Crippen molar-refractivity contribution in [2.24, 2.45) is 10.1 Å². The van der Waals surface area contributed by atoms with Crippen molar-refractivity contribution in [1.82, 2.24) is 9.97 Å². The molecule has 178 valence electrons. The molecule has 1 saturated heterocycles. The van der Waals surface area contributed by atoms with Gasteiger partial charge in [0.05, 0.1) is 11.6 Å². The van der Waals surface area contributed by atoms with E-state index >= 15 is 0 Å². The molecule has 2 atom stereocenters. The molecule has 0 radical (unpaired) electrons. The van der Waals surface area contributed by atoms with Crippen molar-refractivity contribution in [2.45, 2.75) is 49.2 Å². The fraction of sp³-hybridized carbons (Fsp3) is 0.440. The summed E-state index contributed by atoms with van der Waals surface area (Å²) >= 11 is 0. The van der Waals surface area contributed by atoms with Crippen molar-refractivity contribution in [3.63, 3.8) is 0 Å². The quantitative estimate of drug-likeness (QED) is 0.595. The summed E-state index contributed by atoms with van der Waals surface area (Å²) in [5, 5.41) is 0.661. The Morgan fingerprint density at radius 3 is 2.65 bits per heavy atom. The molecule has 1 aliphatic carbocycles. The summed E-state index contributed by atoms with van der Waals surface area (Å²) < 4.78 is 32.0. The number of rotatable bonds is 4. The summed E-state index contributed by atoms with van der Waals surface area (Å²) in [6.45, 7) is 2.93. The summed E-state index contributed by atoms with van der Waals surface area (Å²) in [4.78, 5) is 15.5. The Balaban J connectivity index is 1.42. The number of halogens is 2. The van der Waals surface area contributed by atoms with Crippen LogP contribution in [0.2, 0.25) is 0 Å². The lowest BCUT2D eigenvalue weighted by Crippen LogP contribution is -2.30. The topological polar surface area (TPSA) is 70.6 Å². The first kappa shape index (κ1) is 21.9. The van der Waals surface area contributed by atoms with E-state index in [9.17, 15) is 8.78 Å². The molecule has 3 aromatic rings. The maximum atomic E-state index is 13.5. The predicted molar refractivity (Wildman–Crippen MR) is 133 cm³/mol. The maximum absolute atomic E-state index is 13.5. The standard InChI is InChI=1S/C25H28F2N6S/c26-23(27)16-5-8-21-20(13-16)24(32-10-9-18(28)15-32)30-25(29-21)33-11-12-34(31-19-6-7-19)22-4-2-1-3-17(22)14-33/h1-5,8,13,18-19,23H,6-7,9-12,14-15,28H2/t18-,34?/m0/s1. The highest BCUT2D eigenvalue weighted by Crippen LogP contribution is 2.34. The Morgan fingerprint density at radius 1 is 1.03 bits per heavy atom. The fourth-order valence-corrected chi connectivity index (χ4v) is 6.79. The van der Waals surface area contributed by atoms with E-state index in [-0.39, 0.29) is 22.3 Å². The number of nitrogens with zero attached hydrogens (tertiary/aromatic N) is 5. The second kappa shape index (κ2) is 8.85. The third-order valence-corrected chi connectivity index (χ3v) is 8.74. The molecule has 6 rings (SSSR count). The summed E-state index contributed by atoms with van der Waals surface area (Å²) in [7, 11) is -0.129. The van der Waals surface area contributed by atoms with Crippen LogP contribution in [0.1, 0.15) is 36.8 Å². The minimum Gasteiger partial charge on any atom is -0.354 e. The van der Waals surface area contributed by atoms with Gasteiger partial charge in [-0.2, -0.15) is 4.98 Å². The van der Waals surface area contributed by atoms with Gasteiger partial charge in [-0.3, -0.25) is 4.36 Å². The number of anilines is 2. The number of fused-ring (bicyclic) bond motifs is 2. The van der Waals surface area contributed by atoms with Crippen LogP contribution in [0, 0.1) is 0 Å². The van der Waals surface area contributed by atoms with Crippen LogP contribution in [0.3, 0.4) is 0 Å². The van der Waals surface area contributed by atoms with Crippen LogP contribution in [0.25, 0.3) is 10.9 Å². The van der Waals surface area contributed by atoms with Gasteiger partial charge < -0.3 is 15.5 Å². The Labute approximate surface area is 200 Å². The number of hydrogen-bond acceptors (Lipinski definition) is 6. The lowest BCUT2D eigenvalue weighted by molar-refractivity contribution is 0.151. The lowest BCUT2D eigenvalue weighted by atomic mass is 10.1. The first-order chi connectivity index (χ1) is 16.5. The smallest absolute Gasteiger partial charge is 0.263 e. The number of benzene rings is 2. The van der Waals surface area contributed by atoms with Crippen LogP contribution < -0.4 is 15.5 Å². The van der Waals surface area contributed by atoms with Crippen molar-refractivity contribution in [1.29, 1.82) is 0 Å². The summed E-state index contributed by atoms with van der Waals surface area (Å²) in [5.74, 6) is 2.28. The molecule has 0 bridgehead atoms. The molecule has 3 heterocycles. The number of alkyl halides is 2. The van der Waals surface area contributed by atoms with Crippen molar-refractivity contribution >= 4 is 33.4 Å². The van der Waals surface area contributed by atoms with Gasteiger partial charge in [0.1, 0.15) is 5.82 Å². The van der Waals surface area contributed by atoms with Gasteiger partial charge in [0.25, 0.3) is 6.43 Å². The van der Waals surface area contributed by atoms with E-state index in [1.807, 2.05) is 0 Å². The van der Waals surface area contributed by atoms with Crippen molar-refractivity contribution in [3.8, 4) is 0 Å². The lowest BCUT2D eigenvalue weighted by Gasteiger charge is -2.25. The molecule has 3 aliphatic rings. The van der Waals surface area contributed by atoms with E-state index in [0.29, 0.717) is 41.8 Å².